The van der Waals surface area contributed by atoms with Crippen molar-refractivity contribution in [1.29, 1.82) is 0 Å². The molecule has 0 rings (SSSR count). The van der Waals surface area contributed by atoms with Crippen molar-refractivity contribution < 1.29 is 19.1 Å². The number of hydrogen-bond acceptors (Lipinski definition) is 4. The summed E-state index contributed by atoms with van der Waals surface area (Å²) in [5.41, 5.74) is -0.654. The monoisotopic (exact) mass is 318 g/mol. The average molecular weight is 318 g/mol. The molecule has 0 N–H and O–H groups in total. The average Bonchev–Trinajstić information content (AvgIpc) is 2.26. The fourth-order valence-electron chi connectivity index (χ4n) is 0.972. The van der Waals surface area contributed by atoms with Gasteiger partial charge in [-0.2, -0.15) is 0 Å². The van der Waals surface area contributed by atoms with Crippen LogP contribution in [0.5, 0.6) is 0 Å². The number of carbonyl (C=O) groups excluding carboxylic acids is 2. The van der Waals surface area contributed by atoms with Gasteiger partial charge >= 0.3 is 11.9 Å². The molecule has 0 unspecified atom stereocenters. The Kier molecular flexibility index (Phi) is 12.5. The van der Waals surface area contributed by atoms with E-state index in [0.29, 0.717) is 18.3 Å². The quantitative estimate of drug-likeness (QED) is 0.670. The zero-order valence-electron chi connectivity index (χ0n) is 15.5. The van der Waals surface area contributed by atoms with Crippen molar-refractivity contribution in [3.8, 4) is 0 Å². The molecule has 0 aromatic carbocycles. The van der Waals surface area contributed by atoms with Crippen LogP contribution >= 0.6 is 0 Å². The molecule has 0 aromatic rings. The van der Waals surface area contributed by atoms with E-state index in [9.17, 15) is 9.59 Å². The van der Waals surface area contributed by atoms with Crippen LogP contribution in [0.25, 0.3) is 0 Å². The van der Waals surface area contributed by atoms with Gasteiger partial charge in [0.25, 0.3) is 0 Å². The van der Waals surface area contributed by atoms with E-state index in [4.69, 9.17) is 9.47 Å². The highest BCUT2D eigenvalue weighted by atomic mass is 16.6. The van der Waals surface area contributed by atoms with Gasteiger partial charge in [-0.1, -0.05) is 42.0 Å². The summed E-state index contributed by atoms with van der Waals surface area (Å²) in [7, 11) is 0. The van der Waals surface area contributed by atoms with Gasteiger partial charge in [-0.05, 0) is 39.5 Å². The maximum atomic E-state index is 10.9. The fourth-order valence-corrected chi connectivity index (χ4v) is 0.972. The zero-order valence-corrected chi connectivity index (χ0v) is 15.5. The Bertz CT molecular complexity index is 328. The smallest absolute Gasteiger partial charge is 0.306 e. The second kappa shape index (κ2) is 10.6. The van der Waals surface area contributed by atoms with Crippen LogP contribution in [0.3, 0.4) is 0 Å². The van der Waals surface area contributed by atoms with Crippen LogP contribution in [0.4, 0.5) is 0 Å². The van der Waals surface area contributed by atoms with E-state index >= 15 is 0 Å². The lowest BCUT2D eigenvalue weighted by molar-refractivity contribution is -0.160. The molecule has 0 saturated heterocycles. The van der Waals surface area contributed by atoms with Crippen LogP contribution in [-0.2, 0) is 19.1 Å². The van der Waals surface area contributed by atoms with E-state index in [0.717, 1.165) is 0 Å². The maximum Gasteiger partial charge on any atom is 0.306 e. The third-order valence-electron chi connectivity index (χ3n) is 3.85. The molecule has 0 spiro atoms. The zero-order chi connectivity index (χ0) is 17.4. The fraction of sp³-hybridized carbons (Fsp3) is 0.889. The highest BCUT2D eigenvalue weighted by Gasteiger charge is 2.26. The summed E-state index contributed by atoms with van der Waals surface area (Å²) >= 11 is 0. The minimum Gasteiger partial charge on any atom is -0.460 e. The summed E-state index contributed by atoms with van der Waals surface area (Å²) in [5.74, 6) is 0.386. The van der Waals surface area contributed by atoms with Gasteiger partial charge in [-0.25, -0.2) is 0 Å². The molecule has 0 aromatic heterocycles. The lowest BCUT2D eigenvalue weighted by Gasteiger charge is -2.28. The van der Waals surface area contributed by atoms with Crippen molar-refractivity contribution in [2.45, 2.75) is 94.3 Å². The van der Waals surface area contributed by atoms with Gasteiger partial charge in [-0.3, -0.25) is 9.59 Å². The summed E-state index contributed by atoms with van der Waals surface area (Å²) in [4.78, 5) is 21.5. The number of hydrogen-bond donors (Lipinski definition) is 0. The molecule has 0 atom stereocenters. The molecule has 0 fully saturated rings. The normalized spacial score (nSPS) is 11.3. The predicted molar refractivity (Wildman–Crippen MR) is 92.7 cm³/mol. The summed E-state index contributed by atoms with van der Waals surface area (Å²) in [6, 6.07) is 0. The van der Waals surface area contributed by atoms with Crippen LogP contribution in [0.1, 0.15) is 83.1 Å². The largest absolute Gasteiger partial charge is 0.460 e. The van der Waals surface area contributed by atoms with E-state index in [1.807, 2.05) is 55.4 Å². The van der Waals surface area contributed by atoms with Gasteiger partial charge in [0, 0.05) is 13.3 Å². The number of carbonyl (C=O) groups is 2. The van der Waals surface area contributed by atoms with Gasteiger partial charge < -0.3 is 9.47 Å². The first-order valence-corrected chi connectivity index (χ1v) is 7.67. The van der Waals surface area contributed by atoms with Gasteiger partial charge in [-0.15, -0.1) is 0 Å². The molecule has 4 heteroatoms. The first kappa shape index (κ1) is 25.9. The lowest BCUT2D eigenvalue weighted by Crippen LogP contribution is -2.33. The molecule has 0 radical (unpaired) electrons. The standard InChI is InChI=1S/C9H18O2.C8H16O2.CH4/c1-6-8(10)11-9(4,5)7(2)3;1-6(2)8(4,5)10-7(3)9;/h7H,6H2,1-5H3;6H,1-5H3;1H4. The maximum absolute atomic E-state index is 10.9. The first-order valence-electron chi connectivity index (χ1n) is 7.67. The molecular formula is C18H38O4. The number of rotatable bonds is 5. The van der Waals surface area contributed by atoms with Crippen molar-refractivity contribution in [3.05, 3.63) is 0 Å². The Morgan fingerprint density at radius 1 is 0.864 bits per heavy atom. The van der Waals surface area contributed by atoms with E-state index in [2.05, 4.69) is 0 Å². The predicted octanol–water partition coefficient (Wildman–Crippen LogP) is 4.99. The first-order chi connectivity index (χ1) is 9.26. The molecule has 0 saturated carbocycles. The minimum atomic E-state index is -0.328. The molecule has 0 aliphatic carbocycles. The summed E-state index contributed by atoms with van der Waals surface area (Å²) in [6.45, 7) is 19.1. The van der Waals surface area contributed by atoms with E-state index in [1.54, 1.807) is 6.92 Å². The van der Waals surface area contributed by atoms with E-state index in [-0.39, 0.29) is 30.6 Å². The van der Waals surface area contributed by atoms with Gasteiger partial charge in [0.1, 0.15) is 11.2 Å². The van der Waals surface area contributed by atoms with Crippen molar-refractivity contribution in [1.82, 2.24) is 0 Å². The summed E-state index contributed by atoms with van der Waals surface area (Å²) in [6.07, 6.45) is 0.455. The molecule has 0 aliphatic rings. The number of esters is 2. The SMILES string of the molecule is C.CC(=O)OC(C)(C)C(C)C.CCC(=O)OC(C)(C)C(C)C. The van der Waals surface area contributed by atoms with Crippen LogP contribution < -0.4 is 0 Å². The molecular weight excluding hydrogens is 280 g/mol. The third-order valence-corrected chi connectivity index (χ3v) is 3.85. The third kappa shape index (κ3) is 11.6. The number of ether oxygens (including phenoxy) is 2. The highest BCUT2D eigenvalue weighted by molar-refractivity contribution is 5.69. The van der Waals surface area contributed by atoms with Gasteiger partial charge in [0.2, 0.25) is 0 Å². The van der Waals surface area contributed by atoms with Gasteiger partial charge in [0.05, 0.1) is 0 Å². The molecule has 0 amide bonds. The van der Waals surface area contributed by atoms with E-state index < -0.39 is 0 Å². The topological polar surface area (TPSA) is 52.6 Å². The molecule has 0 heterocycles. The van der Waals surface area contributed by atoms with Crippen LogP contribution in [0.2, 0.25) is 0 Å². The Hall–Kier alpha value is -1.06. The summed E-state index contributed by atoms with van der Waals surface area (Å²) < 4.78 is 10.3. The van der Waals surface area contributed by atoms with Gasteiger partial charge in [0.15, 0.2) is 0 Å². The molecule has 22 heavy (non-hydrogen) atoms. The second-order valence-electron chi connectivity index (χ2n) is 6.94. The molecule has 0 aliphatic heterocycles. The van der Waals surface area contributed by atoms with Crippen molar-refractivity contribution >= 4 is 11.9 Å². The van der Waals surface area contributed by atoms with E-state index in [1.165, 1.54) is 6.92 Å². The Morgan fingerprint density at radius 2 is 1.18 bits per heavy atom. The van der Waals surface area contributed by atoms with Crippen LogP contribution in [0, 0.1) is 11.8 Å². The van der Waals surface area contributed by atoms with Crippen molar-refractivity contribution in [2.75, 3.05) is 0 Å². The highest BCUT2D eigenvalue weighted by Crippen LogP contribution is 2.21. The van der Waals surface area contributed by atoms with Crippen LogP contribution in [-0.4, -0.2) is 23.1 Å². The Morgan fingerprint density at radius 3 is 1.36 bits per heavy atom. The molecule has 4 nitrogen and oxygen atoms in total. The van der Waals surface area contributed by atoms with Crippen molar-refractivity contribution in [2.24, 2.45) is 11.8 Å². The van der Waals surface area contributed by atoms with Crippen molar-refractivity contribution in [3.63, 3.8) is 0 Å². The molecule has 0 bridgehead atoms. The molecule has 134 valence electrons. The summed E-state index contributed by atoms with van der Waals surface area (Å²) in [5, 5.41) is 0. The minimum absolute atomic E-state index is 0. The Labute approximate surface area is 138 Å². The second-order valence-corrected chi connectivity index (χ2v) is 6.94. The lowest BCUT2D eigenvalue weighted by atomic mass is 9.95. The Balaban J connectivity index is -0.000000315. The van der Waals surface area contributed by atoms with Crippen LogP contribution in [0.15, 0.2) is 0 Å².